The number of hydrogen-bond donors (Lipinski definition) is 0. The molecular weight excluding hydrogens is 260 g/mol. The third-order valence-electron chi connectivity index (χ3n) is 3.58. The standard InChI is InChI=1S/C13H16N4OS/c18-13(8-12-2-1-7-19-12)16-5-3-11(4-6-16)17-9-14-15-10-17/h1-2,7,9-11H,3-6,8H2. The van der Waals surface area contributed by atoms with Crippen LogP contribution in [0.2, 0.25) is 0 Å². The highest BCUT2D eigenvalue weighted by molar-refractivity contribution is 7.10. The van der Waals surface area contributed by atoms with Crippen molar-refractivity contribution in [2.24, 2.45) is 0 Å². The Balaban J connectivity index is 1.54. The minimum absolute atomic E-state index is 0.240. The van der Waals surface area contributed by atoms with E-state index in [-0.39, 0.29) is 5.91 Å². The lowest BCUT2D eigenvalue weighted by Gasteiger charge is -2.32. The number of piperidine rings is 1. The van der Waals surface area contributed by atoms with Crippen LogP contribution in [0.3, 0.4) is 0 Å². The largest absolute Gasteiger partial charge is 0.342 e. The number of hydrogen-bond acceptors (Lipinski definition) is 4. The van der Waals surface area contributed by atoms with E-state index < -0.39 is 0 Å². The quantitative estimate of drug-likeness (QED) is 0.858. The van der Waals surface area contributed by atoms with Crippen molar-refractivity contribution in [2.45, 2.75) is 25.3 Å². The Bertz CT molecular complexity index is 515. The molecule has 0 N–H and O–H groups in total. The predicted molar refractivity (Wildman–Crippen MR) is 72.9 cm³/mol. The van der Waals surface area contributed by atoms with Gasteiger partial charge in [-0.15, -0.1) is 21.5 Å². The van der Waals surface area contributed by atoms with Crippen molar-refractivity contribution < 1.29 is 4.79 Å². The summed E-state index contributed by atoms with van der Waals surface area (Å²) in [6, 6.07) is 4.44. The summed E-state index contributed by atoms with van der Waals surface area (Å²) in [7, 11) is 0. The van der Waals surface area contributed by atoms with E-state index in [0.717, 1.165) is 30.8 Å². The normalized spacial score (nSPS) is 16.7. The zero-order chi connectivity index (χ0) is 13.1. The third kappa shape index (κ3) is 2.84. The molecule has 1 aliphatic heterocycles. The Morgan fingerprint density at radius 3 is 2.68 bits per heavy atom. The summed E-state index contributed by atoms with van der Waals surface area (Å²) < 4.78 is 2.04. The number of amides is 1. The molecule has 1 aliphatic rings. The molecule has 0 saturated carbocycles. The van der Waals surface area contributed by atoms with Gasteiger partial charge in [0.1, 0.15) is 12.7 Å². The van der Waals surface area contributed by atoms with E-state index in [9.17, 15) is 4.79 Å². The molecule has 3 heterocycles. The fourth-order valence-corrected chi connectivity index (χ4v) is 3.18. The van der Waals surface area contributed by atoms with E-state index in [0.29, 0.717) is 12.5 Å². The van der Waals surface area contributed by atoms with E-state index >= 15 is 0 Å². The second-order valence-corrected chi connectivity index (χ2v) is 5.81. The van der Waals surface area contributed by atoms with Crippen molar-refractivity contribution in [3.63, 3.8) is 0 Å². The molecule has 0 radical (unpaired) electrons. The van der Waals surface area contributed by atoms with Crippen molar-refractivity contribution in [3.8, 4) is 0 Å². The van der Waals surface area contributed by atoms with Crippen LogP contribution in [-0.2, 0) is 11.2 Å². The maximum atomic E-state index is 12.2. The summed E-state index contributed by atoms with van der Waals surface area (Å²) >= 11 is 1.65. The highest BCUT2D eigenvalue weighted by Crippen LogP contribution is 2.22. The minimum Gasteiger partial charge on any atom is -0.342 e. The molecule has 100 valence electrons. The Kier molecular flexibility index (Phi) is 3.59. The summed E-state index contributed by atoms with van der Waals surface area (Å²) in [5.41, 5.74) is 0. The average molecular weight is 276 g/mol. The smallest absolute Gasteiger partial charge is 0.227 e. The lowest BCUT2D eigenvalue weighted by Crippen LogP contribution is -2.39. The van der Waals surface area contributed by atoms with Crippen LogP contribution in [0.15, 0.2) is 30.2 Å². The monoisotopic (exact) mass is 276 g/mol. The Morgan fingerprint density at radius 1 is 1.32 bits per heavy atom. The van der Waals surface area contributed by atoms with E-state index in [1.165, 1.54) is 0 Å². The molecule has 1 fully saturated rings. The van der Waals surface area contributed by atoms with Gasteiger partial charge >= 0.3 is 0 Å². The molecule has 3 rings (SSSR count). The van der Waals surface area contributed by atoms with Crippen molar-refractivity contribution >= 4 is 17.2 Å². The Morgan fingerprint density at radius 2 is 2.05 bits per heavy atom. The molecule has 6 heteroatoms. The van der Waals surface area contributed by atoms with Crippen LogP contribution >= 0.6 is 11.3 Å². The first-order valence-electron chi connectivity index (χ1n) is 6.47. The second kappa shape index (κ2) is 5.52. The first-order valence-corrected chi connectivity index (χ1v) is 7.35. The van der Waals surface area contributed by atoms with Crippen molar-refractivity contribution in [1.82, 2.24) is 19.7 Å². The lowest BCUT2D eigenvalue weighted by molar-refractivity contribution is -0.131. The molecule has 1 amide bonds. The molecule has 0 aromatic carbocycles. The van der Waals surface area contributed by atoms with E-state index in [1.807, 2.05) is 27.0 Å². The van der Waals surface area contributed by atoms with Crippen LogP contribution in [0.1, 0.15) is 23.8 Å². The van der Waals surface area contributed by atoms with Gasteiger partial charge in [0, 0.05) is 24.0 Å². The average Bonchev–Trinajstić information content (AvgIpc) is 3.12. The van der Waals surface area contributed by atoms with Crippen LogP contribution in [0.4, 0.5) is 0 Å². The molecule has 5 nitrogen and oxygen atoms in total. The molecule has 0 spiro atoms. The first-order chi connectivity index (χ1) is 9.33. The molecule has 0 bridgehead atoms. The van der Waals surface area contributed by atoms with Crippen molar-refractivity contribution in [3.05, 3.63) is 35.0 Å². The minimum atomic E-state index is 0.240. The molecule has 2 aromatic rings. The van der Waals surface area contributed by atoms with E-state index in [4.69, 9.17) is 0 Å². The van der Waals surface area contributed by atoms with Gasteiger partial charge in [-0.25, -0.2) is 0 Å². The summed E-state index contributed by atoms with van der Waals surface area (Å²) in [4.78, 5) is 15.3. The Hall–Kier alpha value is -1.69. The zero-order valence-corrected chi connectivity index (χ0v) is 11.4. The maximum absolute atomic E-state index is 12.2. The van der Waals surface area contributed by atoms with Crippen LogP contribution in [-0.4, -0.2) is 38.7 Å². The number of carbonyl (C=O) groups is 1. The zero-order valence-electron chi connectivity index (χ0n) is 10.6. The molecule has 0 unspecified atom stereocenters. The summed E-state index contributed by atoms with van der Waals surface area (Å²) in [5.74, 6) is 0.240. The lowest BCUT2D eigenvalue weighted by atomic mass is 10.0. The van der Waals surface area contributed by atoms with Gasteiger partial charge < -0.3 is 9.47 Å². The van der Waals surface area contributed by atoms with Crippen LogP contribution < -0.4 is 0 Å². The van der Waals surface area contributed by atoms with E-state index in [2.05, 4.69) is 10.2 Å². The number of aromatic nitrogens is 3. The highest BCUT2D eigenvalue weighted by atomic mass is 32.1. The summed E-state index contributed by atoms with van der Waals surface area (Å²) in [5, 5.41) is 9.69. The van der Waals surface area contributed by atoms with Gasteiger partial charge in [-0.2, -0.15) is 0 Å². The molecule has 19 heavy (non-hydrogen) atoms. The molecule has 2 aromatic heterocycles. The van der Waals surface area contributed by atoms with Crippen LogP contribution in [0.5, 0.6) is 0 Å². The van der Waals surface area contributed by atoms with Crippen molar-refractivity contribution in [2.75, 3.05) is 13.1 Å². The number of likely N-dealkylation sites (tertiary alicyclic amines) is 1. The maximum Gasteiger partial charge on any atom is 0.227 e. The fourth-order valence-electron chi connectivity index (χ4n) is 2.48. The molecule has 0 aliphatic carbocycles. The predicted octanol–water partition coefficient (Wildman–Crippen LogP) is 1.75. The SMILES string of the molecule is O=C(Cc1cccs1)N1CCC(n2cnnc2)CC1. The van der Waals surface area contributed by atoms with Gasteiger partial charge in [0.2, 0.25) is 5.91 Å². The van der Waals surface area contributed by atoms with Gasteiger partial charge in [0.25, 0.3) is 0 Å². The van der Waals surface area contributed by atoms with Crippen LogP contribution in [0.25, 0.3) is 0 Å². The van der Waals surface area contributed by atoms with Gasteiger partial charge in [0.15, 0.2) is 0 Å². The van der Waals surface area contributed by atoms with Crippen LogP contribution in [0, 0.1) is 0 Å². The fraction of sp³-hybridized carbons (Fsp3) is 0.462. The first kappa shape index (κ1) is 12.3. The summed E-state index contributed by atoms with van der Waals surface area (Å²) in [6.45, 7) is 1.65. The molecular formula is C13H16N4OS. The van der Waals surface area contributed by atoms with Gasteiger partial charge in [-0.05, 0) is 24.3 Å². The van der Waals surface area contributed by atoms with Gasteiger partial charge in [-0.3, -0.25) is 4.79 Å². The van der Waals surface area contributed by atoms with Gasteiger partial charge in [0.05, 0.1) is 6.42 Å². The topological polar surface area (TPSA) is 51.0 Å². The van der Waals surface area contributed by atoms with Gasteiger partial charge in [-0.1, -0.05) is 6.07 Å². The van der Waals surface area contributed by atoms with E-state index in [1.54, 1.807) is 24.0 Å². The second-order valence-electron chi connectivity index (χ2n) is 4.78. The van der Waals surface area contributed by atoms with Crippen molar-refractivity contribution in [1.29, 1.82) is 0 Å². The highest BCUT2D eigenvalue weighted by Gasteiger charge is 2.23. The number of nitrogens with zero attached hydrogens (tertiary/aromatic N) is 4. The number of rotatable bonds is 3. The summed E-state index contributed by atoms with van der Waals surface area (Å²) in [6.07, 6.45) is 6.01. The molecule has 0 atom stereocenters. The number of carbonyl (C=O) groups excluding carboxylic acids is 1. The number of thiophene rings is 1. The Labute approximate surface area is 115 Å². The molecule has 1 saturated heterocycles. The third-order valence-corrected chi connectivity index (χ3v) is 4.46.